The molecule has 0 unspecified atom stereocenters. The van der Waals surface area contributed by atoms with Gasteiger partial charge < -0.3 is 11.1 Å². The standard InChI is InChI=1S/C26H14F4N6O2S2/c27-13-5-3-12(4-6-13)14-10-18(26(28,29)30)34-25-19(14)20(21(40-25)22(31)37)35-24(38)15-11-33-36-16(7-8-32-23(15)36)17-2-1-9-39-17/h1-11H,(H2,31,37)(H,35,38). The Morgan fingerprint density at radius 1 is 1.07 bits per heavy atom. The van der Waals surface area contributed by atoms with Crippen molar-refractivity contribution >= 4 is 56.0 Å². The number of halogens is 4. The van der Waals surface area contributed by atoms with E-state index in [4.69, 9.17) is 5.73 Å². The number of rotatable bonds is 5. The molecule has 0 aliphatic carbocycles. The molecule has 8 nitrogen and oxygen atoms in total. The number of carbonyl (C=O) groups excluding carboxylic acids is 2. The fourth-order valence-corrected chi connectivity index (χ4v) is 5.98. The van der Waals surface area contributed by atoms with Crippen molar-refractivity contribution in [3.05, 3.63) is 88.3 Å². The van der Waals surface area contributed by atoms with Crippen LogP contribution in [0, 0.1) is 5.82 Å². The number of primary amides is 1. The van der Waals surface area contributed by atoms with Crippen LogP contribution in [0.25, 0.3) is 37.6 Å². The number of nitrogens with zero attached hydrogens (tertiary/aromatic N) is 4. The first-order chi connectivity index (χ1) is 19.1. The van der Waals surface area contributed by atoms with Crippen LogP contribution in [-0.2, 0) is 6.18 Å². The lowest BCUT2D eigenvalue weighted by molar-refractivity contribution is -0.140. The molecule has 0 radical (unpaired) electrons. The lowest BCUT2D eigenvalue weighted by Crippen LogP contribution is -2.17. The van der Waals surface area contributed by atoms with Crippen molar-refractivity contribution in [2.75, 3.05) is 5.32 Å². The number of thiophene rings is 2. The molecule has 2 amide bonds. The maximum atomic E-state index is 13.7. The van der Waals surface area contributed by atoms with Gasteiger partial charge in [-0.05, 0) is 46.8 Å². The van der Waals surface area contributed by atoms with Crippen LogP contribution in [0.3, 0.4) is 0 Å². The van der Waals surface area contributed by atoms with Crippen molar-refractivity contribution < 1.29 is 27.2 Å². The molecule has 1 aromatic carbocycles. The summed E-state index contributed by atoms with van der Waals surface area (Å²) in [5, 5.41) is 8.87. The minimum Gasteiger partial charge on any atom is -0.365 e. The lowest BCUT2D eigenvalue weighted by Gasteiger charge is -2.12. The fourth-order valence-electron chi connectivity index (χ4n) is 4.24. The molecule has 3 N–H and O–H groups in total. The number of pyridine rings is 1. The zero-order valence-corrected chi connectivity index (χ0v) is 21.5. The molecule has 0 bridgehead atoms. The zero-order chi connectivity index (χ0) is 28.2. The van der Waals surface area contributed by atoms with Crippen molar-refractivity contribution in [2.24, 2.45) is 5.73 Å². The molecule has 40 heavy (non-hydrogen) atoms. The highest BCUT2D eigenvalue weighted by molar-refractivity contribution is 7.21. The van der Waals surface area contributed by atoms with E-state index in [1.807, 2.05) is 17.5 Å². The SMILES string of the molecule is NC(=O)c1sc2nc(C(F)(F)F)cc(-c3ccc(F)cc3)c2c1NC(=O)c1cnn2c(-c3cccs3)ccnc12. The molecule has 0 fully saturated rings. The van der Waals surface area contributed by atoms with Gasteiger partial charge in [-0.25, -0.2) is 18.9 Å². The van der Waals surface area contributed by atoms with Gasteiger partial charge in [0.25, 0.3) is 11.8 Å². The van der Waals surface area contributed by atoms with Crippen molar-refractivity contribution in [1.82, 2.24) is 19.6 Å². The van der Waals surface area contributed by atoms with Crippen molar-refractivity contribution in [3.8, 4) is 21.7 Å². The second kappa shape index (κ2) is 9.50. The Labute approximate surface area is 229 Å². The van der Waals surface area contributed by atoms with E-state index in [0.29, 0.717) is 17.0 Å². The number of nitrogens with two attached hydrogens (primary N) is 1. The monoisotopic (exact) mass is 582 g/mol. The number of alkyl halides is 3. The Morgan fingerprint density at radius 2 is 1.85 bits per heavy atom. The van der Waals surface area contributed by atoms with Gasteiger partial charge >= 0.3 is 6.18 Å². The van der Waals surface area contributed by atoms with Gasteiger partial charge in [0.05, 0.1) is 22.5 Å². The Hall–Kier alpha value is -4.69. The third-order valence-electron chi connectivity index (χ3n) is 5.99. The number of carbonyl (C=O) groups is 2. The van der Waals surface area contributed by atoms with Crippen LogP contribution in [0.1, 0.15) is 25.7 Å². The Kier molecular flexibility index (Phi) is 6.07. The minimum absolute atomic E-state index is 0.0191. The summed E-state index contributed by atoms with van der Waals surface area (Å²) in [5.74, 6) is -2.29. The zero-order valence-electron chi connectivity index (χ0n) is 19.9. The van der Waals surface area contributed by atoms with Gasteiger partial charge in [-0.3, -0.25) is 9.59 Å². The largest absolute Gasteiger partial charge is 0.433 e. The summed E-state index contributed by atoms with van der Waals surface area (Å²) >= 11 is 2.08. The van der Waals surface area contributed by atoms with Gasteiger partial charge in [0.2, 0.25) is 0 Å². The quantitative estimate of drug-likeness (QED) is 0.234. The van der Waals surface area contributed by atoms with Gasteiger partial charge in [0.15, 0.2) is 5.65 Å². The molecule has 0 saturated heterocycles. The average molecular weight is 583 g/mol. The summed E-state index contributed by atoms with van der Waals surface area (Å²) in [6.07, 6.45) is -1.99. The summed E-state index contributed by atoms with van der Waals surface area (Å²) in [4.78, 5) is 34.4. The fraction of sp³-hybridized carbons (Fsp3) is 0.0385. The first-order valence-electron chi connectivity index (χ1n) is 11.4. The number of fused-ring (bicyclic) bond motifs is 2. The van der Waals surface area contributed by atoms with E-state index in [-0.39, 0.29) is 43.1 Å². The molecule has 5 aromatic heterocycles. The van der Waals surface area contributed by atoms with Crippen LogP contribution in [0.5, 0.6) is 0 Å². The summed E-state index contributed by atoms with van der Waals surface area (Å²) in [5.41, 5.74) is 5.38. The van der Waals surface area contributed by atoms with Crippen molar-refractivity contribution in [3.63, 3.8) is 0 Å². The molecule has 0 aliphatic rings. The molecule has 14 heteroatoms. The Balaban J connectivity index is 1.52. The van der Waals surface area contributed by atoms with E-state index in [1.54, 1.807) is 6.07 Å². The van der Waals surface area contributed by atoms with Crippen LogP contribution in [0.15, 0.2) is 66.3 Å². The maximum absolute atomic E-state index is 13.7. The van der Waals surface area contributed by atoms with Crippen LogP contribution in [-0.4, -0.2) is 31.4 Å². The highest BCUT2D eigenvalue weighted by Crippen LogP contribution is 2.44. The third-order valence-corrected chi connectivity index (χ3v) is 7.98. The summed E-state index contributed by atoms with van der Waals surface area (Å²) in [6.45, 7) is 0. The van der Waals surface area contributed by atoms with Crippen LogP contribution in [0.2, 0.25) is 0 Å². The van der Waals surface area contributed by atoms with Crippen molar-refractivity contribution in [1.29, 1.82) is 0 Å². The minimum atomic E-state index is -4.81. The highest BCUT2D eigenvalue weighted by atomic mass is 32.1. The van der Waals surface area contributed by atoms with Gasteiger partial charge in [-0.15, -0.1) is 22.7 Å². The number of anilines is 1. The predicted molar refractivity (Wildman–Crippen MR) is 143 cm³/mol. The second-order valence-electron chi connectivity index (χ2n) is 8.47. The van der Waals surface area contributed by atoms with Gasteiger partial charge in [0, 0.05) is 11.6 Å². The van der Waals surface area contributed by atoms with E-state index in [2.05, 4.69) is 20.4 Å². The molecule has 0 aliphatic heterocycles. The molecule has 6 aromatic rings. The van der Waals surface area contributed by atoms with Crippen LogP contribution >= 0.6 is 22.7 Å². The molecular formula is C26H14F4N6O2S2. The van der Waals surface area contributed by atoms with Gasteiger partial charge in [0.1, 0.15) is 26.8 Å². The summed E-state index contributed by atoms with van der Waals surface area (Å²) < 4.78 is 56.3. The smallest absolute Gasteiger partial charge is 0.365 e. The molecule has 5 heterocycles. The van der Waals surface area contributed by atoms with Gasteiger partial charge in [-0.2, -0.15) is 18.3 Å². The summed E-state index contributed by atoms with van der Waals surface area (Å²) in [7, 11) is 0. The number of hydrogen-bond acceptors (Lipinski definition) is 7. The number of amides is 2. The van der Waals surface area contributed by atoms with E-state index in [0.717, 1.165) is 23.1 Å². The number of aromatic nitrogens is 4. The van der Waals surface area contributed by atoms with Crippen molar-refractivity contribution in [2.45, 2.75) is 6.18 Å². The second-order valence-corrected chi connectivity index (χ2v) is 10.4. The molecule has 200 valence electrons. The third kappa shape index (κ3) is 4.36. The normalized spacial score (nSPS) is 11.8. The lowest BCUT2D eigenvalue weighted by atomic mass is 10.0. The predicted octanol–water partition coefficient (Wildman–Crippen LogP) is 6.24. The number of benzene rings is 1. The van der Waals surface area contributed by atoms with Crippen LogP contribution in [0.4, 0.5) is 23.2 Å². The Bertz CT molecular complexity index is 1930. The number of hydrogen-bond donors (Lipinski definition) is 2. The molecular weight excluding hydrogens is 568 g/mol. The van der Waals surface area contributed by atoms with E-state index in [9.17, 15) is 27.2 Å². The summed E-state index contributed by atoms with van der Waals surface area (Å²) in [6, 6.07) is 11.0. The first kappa shape index (κ1) is 25.6. The Morgan fingerprint density at radius 3 is 2.52 bits per heavy atom. The van der Waals surface area contributed by atoms with E-state index in [1.165, 1.54) is 40.4 Å². The maximum Gasteiger partial charge on any atom is 0.433 e. The number of nitrogens with one attached hydrogen (secondary N) is 1. The molecule has 0 saturated carbocycles. The average Bonchev–Trinajstić information content (AvgIpc) is 3.67. The molecule has 0 atom stereocenters. The van der Waals surface area contributed by atoms with E-state index < -0.39 is 29.5 Å². The van der Waals surface area contributed by atoms with Crippen LogP contribution < -0.4 is 11.1 Å². The molecule has 0 spiro atoms. The molecule has 6 rings (SSSR count). The highest BCUT2D eigenvalue weighted by Gasteiger charge is 2.35. The first-order valence-corrected chi connectivity index (χ1v) is 13.1. The van der Waals surface area contributed by atoms with E-state index >= 15 is 0 Å². The van der Waals surface area contributed by atoms with Gasteiger partial charge in [-0.1, -0.05) is 18.2 Å². The topological polar surface area (TPSA) is 115 Å².